The highest BCUT2D eigenvalue weighted by Gasteiger charge is 2.51. The van der Waals surface area contributed by atoms with E-state index in [9.17, 15) is 40.7 Å². The first-order valence-corrected chi connectivity index (χ1v) is 19.3. The van der Waals surface area contributed by atoms with Crippen molar-refractivity contribution in [1.82, 2.24) is 10.2 Å². The molecule has 5 N–H and O–H groups in total. The van der Waals surface area contributed by atoms with Crippen molar-refractivity contribution in [3.63, 3.8) is 0 Å². The van der Waals surface area contributed by atoms with Gasteiger partial charge >= 0.3 is 18.3 Å². The number of carbonyl (C=O) groups is 3. The number of thiophene rings is 1. The van der Waals surface area contributed by atoms with Crippen LogP contribution in [0.1, 0.15) is 59.3 Å². The molecular weight excluding hydrogens is 781 g/mol. The van der Waals surface area contributed by atoms with Crippen molar-refractivity contribution in [2.24, 2.45) is 11.1 Å². The van der Waals surface area contributed by atoms with Crippen LogP contribution in [0.4, 0.5) is 37.7 Å². The van der Waals surface area contributed by atoms with Crippen LogP contribution in [-0.4, -0.2) is 99.7 Å². The van der Waals surface area contributed by atoms with E-state index in [1.54, 1.807) is 12.1 Å². The van der Waals surface area contributed by atoms with E-state index in [1.807, 2.05) is 6.07 Å². The van der Waals surface area contributed by atoms with E-state index in [-0.39, 0.29) is 52.9 Å². The van der Waals surface area contributed by atoms with Gasteiger partial charge in [0.05, 0.1) is 54.2 Å². The molecule has 0 radical (unpaired) electrons. The molecule has 57 heavy (non-hydrogen) atoms. The van der Waals surface area contributed by atoms with Gasteiger partial charge in [-0.2, -0.15) is 26.3 Å². The highest BCUT2D eigenvalue weighted by atomic mass is 32.1. The van der Waals surface area contributed by atoms with E-state index in [4.69, 9.17) is 15.2 Å². The molecule has 3 fully saturated rings. The predicted octanol–water partition coefficient (Wildman–Crippen LogP) is 6.00. The molecule has 2 aromatic carbocycles. The number of ether oxygens (including phenoxy) is 3. The first-order chi connectivity index (χ1) is 27.0. The Bertz CT molecular complexity index is 2010. The van der Waals surface area contributed by atoms with E-state index in [0.717, 1.165) is 82.2 Å². The number of methoxy groups -OCH3 is 1. The number of nitrogens with one attached hydrogen (secondary N) is 3. The van der Waals surface area contributed by atoms with E-state index < -0.39 is 49.2 Å². The molecule has 1 saturated carbocycles. The maximum absolute atomic E-state index is 13.9. The third kappa shape index (κ3) is 10.8. The highest BCUT2D eigenvalue weighted by molar-refractivity contribution is 7.20. The van der Waals surface area contributed by atoms with Gasteiger partial charge < -0.3 is 35.9 Å². The number of primary amides is 1. The molecule has 2 aliphatic heterocycles. The minimum absolute atomic E-state index is 0.0158. The van der Waals surface area contributed by atoms with Gasteiger partial charge in [0.2, 0.25) is 5.91 Å². The second-order valence-electron chi connectivity index (χ2n) is 14.8. The zero-order chi connectivity index (χ0) is 41.0. The number of hydrogen-bond donors (Lipinski definition) is 4. The summed E-state index contributed by atoms with van der Waals surface area (Å²) in [7, 11) is 1.07. The van der Waals surface area contributed by atoms with Crippen LogP contribution in [0.15, 0.2) is 36.4 Å². The minimum Gasteiger partial charge on any atom is -0.482 e. The second kappa shape index (κ2) is 17.4. The molecule has 1 atom stereocenters. The summed E-state index contributed by atoms with van der Waals surface area (Å²) in [5.41, 5.74) is 6.12. The molecule has 18 heteroatoms. The van der Waals surface area contributed by atoms with Crippen molar-refractivity contribution in [2.45, 2.75) is 75.4 Å². The zero-order valence-corrected chi connectivity index (χ0v) is 31.9. The number of hydrogen-bond acceptors (Lipinski definition) is 10. The SMILES string of the molecule is COC(=O)C(CCC(N)=O)NC(=O)c1ccc(NCC#Cc2sc3c(NC4CCC(N5CC6(COC6)C5)CC4)cccc3c2CC(F)(F)F)c(OCC(F)(F)F)c1. The van der Waals surface area contributed by atoms with Gasteiger partial charge in [0.15, 0.2) is 6.61 Å². The summed E-state index contributed by atoms with van der Waals surface area (Å²) in [4.78, 5) is 39.1. The lowest BCUT2D eigenvalue weighted by Crippen LogP contribution is -2.68. The third-order valence-corrected chi connectivity index (χ3v) is 11.5. The molecule has 308 valence electrons. The maximum atomic E-state index is 13.9. The Morgan fingerprint density at radius 1 is 1.04 bits per heavy atom. The molecule has 3 heterocycles. The van der Waals surface area contributed by atoms with E-state index in [1.165, 1.54) is 12.1 Å². The number of carbonyl (C=O) groups excluding carboxylic acids is 3. The van der Waals surface area contributed by atoms with Crippen LogP contribution in [-0.2, 0) is 25.5 Å². The van der Waals surface area contributed by atoms with Crippen LogP contribution in [0.3, 0.4) is 0 Å². The van der Waals surface area contributed by atoms with Crippen LogP contribution in [0.2, 0.25) is 0 Å². The number of likely N-dealkylation sites (tertiary alicyclic amines) is 1. The van der Waals surface area contributed by atoms with E-state index >= 15 is 0 Å². The number of nitrogens with zero attached hydrogens (tertiary/aromatic N) is 1. The summed E-state index contributed by atoms with van der Waals surface area (Å²) >= 11 is 1.15. The number of fused-ring (bicyclic) bond motifs is 1. The molecule has 1 aromatic heterocycles. The summed E-state index contributed by atoms with van der Waals surface area (Å²) in [6, 6.07) is 8.21. The Morgan fingerprint density at radius 3 is 2.40 bits per heavy atom. The fourth-order valence-electron chi connectivity index (χ4n) is 7.49. The number of halogens is 6. The quantitative estimate of drug-likeness (QED) is 0.0875. The predicted molar refractivity (Wildman–Crippen MR) is 201 cm³/mol. The van der Waals surface area contributed by atoms with Crippen LogP contribution in [0.5, 0.6) is 5.75 Å². The van der Waals surface area contributed by atoms with Crippen molar-refractivity contribution >= 4 is 50.6 Å². The normalized spacial score (nSPS) is 19.7. The Balaban J connectivity index is 1.15. The van der Waals surface area contributed by atoms with Crippen molar-refractivity contribution in [3.8, 4) is 17.6 Å². The fourth-order valence-corrected chi connectivity index (χ4v) is 8.66. The number of nitrogens with two attached hydrogens (primary N) is 1. The molecule has 0 bridgehead atoms. The summed E-state index contributed by atoms with van der Waals surface area (Å²) in [6.45, 7) is 1.93. The Kier molecular flexibility index (Phi) is 12.8. The minimum atomic E-state index is -4.73. The van der Waals surface area contributed by atoms with Crippen molar-refractivity contribution in [1.29, 1.82) is 0 Å². The smallest absolute Gasteiger partial charge is 0.422 e. The largest absolute Gasteiger partial charge is 0.482 e. The van der Waals surface area contributed by atoms with Gasteiger partial charge in [-0.05, 0) is 67.3 Å². The van der Waals surface area contributed by atoms with Gasteiger partial charge in [-0.1, -0.05) is 24.0 Å². The lowest BCUT2D eigenvalue weighted by Gasteiger charge is -2.58. The number of benzene rings is 2. The number of alkyl halides is 6. The molecular formula is C39H43F6N5O6S. The van der Waals surface area contributed by atoms with Crippen molar-refractivity contribution in [2.75, 3.05) is 57.2 Å². The van der Waals surface area contributed by atoms with Gasteiger partial charge in [0.25, 0.3) is 5.91 Å². The van der Waals surface area contributed by atoms with E-state index in [2.05, 4.69) is 37.4 Å². The van der Waals surface area contributed by atoms with Crippen LogP contribution in [0.25, 0.3) is 10.1 Å². The van der Waals surface area contributed by atoms with Crippen LogP contribution < -0.4 is 26.4 Å². The highest BCUT2D eigenvalue weighted by Crippen LogP contribution is 2.43. The van der Waals surface area contributed by atoms with Gasteiger partial charge in [-0.25, -0.2) is 4.79 Å². The number of rotatable bonds is 14. The molecule has 3 aliphatic rings. The number of esters is 1. The molecule has 3 aromatic rings. The summed E-state index contributed by atoms with van der Waals surface area (Å²) in [6.07, 6.45) is -6.93. The molecule has 1 spiro atoms. The van der Waals surface area contributed by atoms with Gasteiger partial charge in [-0.3, -0.25) is 14.5 Å². The van der Waals surface area contributed by atoms with Crippen molar-refractivity contribution in [3.05, 3.63) is 52.4 Å². The average Bonchev–Trinajstić information content (AvgIpc) is 3.46. The number of anilines is 2. The van der Waals surface area contributed by atoms with Crippen LogP contribution in [0, 0.1) is 17.3 Å². The first kappa shape index (κ1) is 41.9. The molecule has 1 unspecified atom stereocenters. The second-order valence-corrected chi connectivity index (χ2v) is 15.8. The monoisotopic (exact) mass is 823 g/mol. The molecule has 11 nitrogen and oxygen atoms in total. The van der Waals surface area contributed by atoms with Gasteiger partial charge in [0.1, 0.15) is 11.8 Å². The Morgan fingerprint density at radius 2 is 1.77 bits per heavy atom. The molecule has 1 aliphatic carbocycles. The van der Waals surface area contributed by atoms with Crippen LogP contribution >= 0.6 is 11.3 Å². The summed E-state index contributed by atoms with van der Waals surface area (Å²) < 4.78 is 96.7. The topological polar surface area (TPSA) is 144 Å². The average molecular weight is 824 g/mol. The summed E-state index contributed by atoms with van der Waals surface area (Å²) in [5.74, 6) is 2.79. The molecule has 6 rings (SSSR count). The summed E-state index contributed by atoms with van der Waals surface area (Å²) in [5, 5.41) is 9.23. The first-order valence-electron chi connectivity index (χ1n) is 18.4. The lowest BCUT2D eigenvalue weighted by molar-refractivity contribution is -0.200. The molecule has 2 amide bonds. The zero-order valence-electron chi connectivity index (χ0n) is 31.0. The standard InChI is InChI=1S/C39H43F6N5O6S/c1-54-36(53)30(13-14-33(46)51)49-35(52)23-7-12-28(31(16-23)56-22-39(43,44)45)47-15-3-6-32-27(17-38(40,41)42)26-4-2-5-29(34(26)57-32)48-24-8-10-25(11-9-24)50-18-37(19-50)20-55-21-37/h2,4-5,7,12,16,24-25,30,47-48H,8-11,13-15,17-22H2,1H3,(H2,46,51)(H,49,52). The van der Waals surface area contributed by atoms with E-state index in [0.29, 0.717) is 21.5 Å². The number of amides is 2. The van der Waals surface area contributed by atoms with Gasteiger partial charge in [-0.15, -0.1) is 11.3 Å². The van der Waals surface area contributed by atoms with Crippen molar-refractivity contribution < 1.29 is 54.9 Å². The third-order valence-electron chi connectivity index (χ3n) is 10.3. The fraction of sp³-hybridized carbons (Fsp3) is 0.513. The van der Waals surface area contributed by atoms with Gasteiger partial charge in [0, 0.05) is 42.6 Å². The lowest BCUT2D eigenvalue weighted by atomic mass is 9.75. The Labute approximate surface area is 328 Å². The maximum Gasteiger partial charge on any atom is 0.422 e. The Hall–Kier alpha value is -4.73. The molecule has 2 saturated heterocycles.